The Morgan fingerprint density at radius 2 is 1.90 bits per heavy atom. The number of ether oxygens (including phenoxy) is 1. The highest BCUT2D eigenvalue weighted by Gasteiger charge is 2.10. The number of hydrogen-bond acceptors (Lipinski definition) is 2. The van der Waals surface area contributed by atoms with Crippen molar-refractivity contribution in [3.05, 3.63) is 52.3 Å². The number of nitrogens with two attached hydrogens (primary N) is 1. The summed E-state index contributed by atoms with van der Waals surface area (Å²) in [5, 5.41) is -0.0128. The Balaban J connectivity index is 2.31. The largest absolute Gasteiger partial charge is 0.455 e. The Labute approximate surface area is 123 Å². The van der Waals surface area contributed by atoms with Gasteiger partial charge in [-0.05, 0) is 42.2 Å². The summed E-state index contributed by atoms with van der Waals surface area (Å²) in [5.41, 5.74) is 8.47. The molecule has 20 heavy (non-hydrogen) atoms. The average molecular weight is 294 g/mol. The van der Waals surface area contributed by atoms with Crippen LogP contribution in [0.5, 0.6) is 11.5 Å². The molecule has 0 heterocycles. The number of halogens is 2. The first-order chi connectivity index (χ1) is 9.38. The van der Waals surface area contributed by atoms with Crippen molar-refractivity contribution in [3.8, 4) is 11.5 Å². The minimum Gasteiger partial charge on any atom is -0.455 e. The van der Waals surface area contributed by atoms with E-state index in [1.165, 1.54) is 17.7 Å². The molecule has 0 spiro atoms. The van der Waals surface area contributed by atoms with Crippen molar-refractivity contribution in [1.29, 1.82) is 0 Å². The van der Waals surface area contributed by atoms with Crippen molar-refractivity contribution < 1.29 is 9.13 Å². The lowest BCUT2D eigenvalue weighted by atomic mass is 9.98. The summed E-state index contributed by atoms with van der Waals surface area (Å²) < 4.78 is 19.1. The van der Waals surface area contributed by atoms with E-state index in [1.54, 1.807) is 0 Å². The zero-order valence-corrected chi connectivity index (χ0v) is 12.5. The second-order valence-corrected chi connectivity index (χ2v) is 5.49. The van der Waals surface area contributed by atoms with Gasteiger partial charge in [0.05, 0.1) is 10.7 Å². The number of anilines is 1. The lowest BCUT2D eigenvalue weighted by Gasteiger charge is -2.13. The zero-order valence-electron chi connectivity index (χ0n) is 11.7. The molecule has 106 valence electrons. The molecule has 2 rings (SSSR count). The summed E-state index contributed by atoms with van der Waals surface area (Å²) in [5.74, 6) is 0.789. The molecule has 4 heteroatoms. The maximum absolute atomic E-state index is 13.4. The molecule has 0 aromatic heterocycles. The van der Waals surface area contributed by atoms with Crippen molar-refractivity contribution in [2.24, 2.45) is 0 Å². The Morgan fingerprint density at radius 3 is 2.50 bits per heavy atom. The van der Waals surface area contributed by atoms with Gasteiger partial charge in [0.2, 0.25) is 0 Å². The highest BCUT2D eigenvalue weighted by Crippen LogP contribution is 2.33. The van der Waals surface area contributed by atoms with Gasteiger partial charge in [-0.3, -0.25) is 0 Å². The lowest BCUT2D eigenvalue weighted by Crippen LogP contribution is -1.96. The van der Waals surface area contributed by atoms with Gasteiger partial charge in [-0.25, -0.2) is 4.39 Å². The molecule has 0 unspecified atom stereocenters. The lowest BCUT2D eigenvalue weighted by molar-refractivity contribution is 0.478. The third-order valence-corrected chi connectivity index (χ3v) is 3.43. The first kappa shape index (κ1) is 14.7. The fourth-order valence-corrected chi connectivity index (χ4v) is 2.29. The summed E-state index contributed by atoms with van der Waals surface area (Å²) >= 11 is 5.66. The van der Waals surface area contributed by atoms with Gasteiger partial charge in [-0.2, -0.15) is 0 Å². The Kier molecular flexibility index (Phi) is 4.19. The van der Waals surface area contributed by atoms with Gasteiger partial charge >= 0.3 is 0 Å². The normalized spacial score (nSPS) is 10.9. The smallest absolute Gasteiger partial charge is 0.153 e. The van der Waals surface area contributed by atoms with Crippen LogP contribution in [0, 0.1) is 12.7 Å². The monoisotopic (exact) mass is 293 g/mol. The molecule has 0 aliphatic rings. The Morgan fingerprint density at radius 1 is 1.20 bits per heavy atom. The van der Waals surface area contributed by atoms with E-state index in [-0.39, 0.29) is 10.8 Å². The quantitative estimate of drug-likeness (QED) is 0.781. The van der Waals surface area contributed by atoms with E-state index in [0.717, 1.165) is 5.56 Å². The molecule has 0 aliphatic heterocycles. The molecule has 0 amide bonds. The van der Waals surface area contributed by atoms with Crippen LogP contribution in [0.15, 0.2) is 30.3 Å². The topological polar surface area (TPSA) is 35.2 Å². The molecule has 2 N–H and O–H groups in total. The third-order valence-electron chi connectivity index (χ3n) is 3.14. The predicted molar refractivity (Wildman–Crippen MR) is 81.2 cm³/mol. The maximum atomic E-state index is 13.4. The van der Waals surface area contributed by atoms with Gasteiger partial charge in [0.1, 0.15) is 11.6 Å². The SMILES string of the molecule is Cc1cc(Oc2cc(F)c(Cl)cc2N)ccc1C(C)C. The molecule has 0 saturated carbocycles. The van der Waals surface area contributed by atoms with Crippen LogP contribution in [0.1, 0.15) is 30.9 Å². The van der Waals surface area contributed by atoms with E-state index in [4.69, 9.17) is 22.1 Å². The maximum Gasteiger partial charge on any atom is 0.153 e. The highest BCUT2D eigenvalue weighted by atomic mass is 35.5. The molecule has 2 aromatic carbocycles. The summed E-state index contributed by atoms with van der Waals surface area (Å²) in [6.45, 7) is 6.29. The molecule has 0 radical (unpaired) electrons. The second kappa shape index (κ2) is 5.71. The molecular weight excluding hydrogens is 277 g/mol. The van der Waals surface area contributed by atoms with E-state index >= 15 is 0 Å². The van der Waals surface area contributed by atoms with Crippen molar-refractivity contribution in [1.82, 2.24) is 0 Å². The first-order valence-electron chi connectivity index (χ1n) is 6.41. The van der Waals surface area contributed by atoms with Crippen molar-refractivity contribution in [2.75, 3.05) is 5.73 Å². The van der Waals surface area contributed by atoms with E-state index in [9.17, 15) is 4.39 Å². The van der Waals surface area contributed by atoms with Crippen LogP contribution >= 0.6 is 11.6 Å². The van der Waals surface area contributed by atoms with E-state index in [1.807, 2.05) is 25.1 Å². The zero-order chi connectivity index (χ0) is 14.9. The van der Waals surface area contributed by atoms with Gasteiger partial charge < -0.3 is 10.5 Å². The van der Waals surface area contributed by atoms with E-state index in [0.29, 0.717) is 17.4 Å². The van der Waals surface area contributed by atoms with Crippen LogP contribution in [0.3, 0.4) is 0 Å². The van der Waals surface area contributed by atoms with E-state index < -0.39 is 5.82 Å². The first-order valence-corrected chi connectivity index (χ1v) is 6.79. The molecule has 2 aromatic rings. The number of benzene rings is 2. The van der Waals surface area contributed by atoms with Crippen molar-refractivity contribution in [3.63, 3.8) is 0 Å². The van der Waals surface area contributed by atoms with Crippen LogP contribution in [0.2, 0.25) is 5.02 Å². The minimum atomic E-state index is -0.550. The molecule has 2 nitrogen and oxygen atoms in total. The number of nitrogen functional groups attached to an aromatic ring is 1. The molecule has 0 fully saturated rings. The number of aryl methyl sites for hydroxylation is 1. The van der Waals surface area contributed by atoms with E-state index in [2.05, 4.69) is 13.8 Å². The molecule has 0 bridgehead atoms. The van der Waals surface area contributed by atoms with Crippen LogP contribution < -0.4 is 10.5 Å². The molecule has 0 aliphatic carbocycles. The fraction of sp³-hybridized carbons (Fsp3) is 0.250. The van der Waals surface area contributed by atoms with Crippen molar-refractivity contribution >= 4 is 17.3 Å². The highest BCUT2D eigenvalue weighted by molar-refractivity contribution is 6.31. The van der Waals surface area contributed by atoms with Crippen LogP contribution in [0.4, 0.5) is 10.1 Å². The van der Waals surface area contributed by atoms with Gasteiger partial charge in [-0.15, -0.1) is 0 Å². The minimum absolute atomic E-state index is 0.0128. The Bertz CT molecular complexity index is 641. The number of hydrogen-bond donors (Lipinski definition) is 1. The molecular formula is C16H17ClFNO. The summed E-state index contributed by atoms with van der Waals surface area (Å²) in [7, 11) is 0. The Hall–Kier alpha value is -1.74. The fourth-order valence-electron chi connectivity index (χ4n) is 2.12. The molecule has 0 saturated heterocycles. The van der Waals surface area contributed by atoms with Gasteiger partial charge in [-0.1, -0.05) is 31.5 Å². The number of rotatable bonds is 3. The van der Waals surface area contributed by atoms with Gasteiger partial charge in [0.15, 0.2) is 5.75 Å². The molecule has 0 atom stereocenters. The summed E-state index contributed by atoms with van der Waals surface area (Å²) in [6.07, 6.45) is 0. The van der Waals surface area contributed by atoms with Gasteiger partial charge in [0, 0.05) is 6.07 Å². The summed E-state index contributed by atoms with van der Waals surface area (Å²) in [6, 6.07) is 8.33. The predicted octanol–water partition coefficient (Wildman–Crippen LogP) is 5.29. The standard InChI is InChI=1S/C16H17ClFNO/c1-9(2)12-5-4-11(6-10(12)3)20-16-8-14(18)13(17)7-15(16)19/h4-9H,19H2,1-3H3. The third kappa shape index (κ3) is 3.05. The van der Waals surface area contributed by atoms with Crippen molar-refractivity contribution in [2.45, 2.75) is 26.7 Å². The average Bonchev–Trinajstić information content (AvgIpc) is 2.35. The van der Waals surface area contributed by atoms with Gasteiger partial charge in [0.25, 0.3) is 0 Å². The second-order valence-electron chi connectivity index (χ2n) is 5.08. The van der Waals surface area contributed by atoms with Crippen LogP contribution in [-0.2, 0) is 0 Å². The van der Waals surface area contributed by atoms with Crippen LogP contribution in [0.25, 0.3) is 0 Å². The van der Waals surface area contributed by atoms with Crippen LogP contribution in [-0.4, -0.2) is 0 Å². The summed E-state index contributed by atoms with van der Waals surface area (Å²) in [4.78, 5) is 0.